The number of carbonyl (C=O) groups excluding carboxylic acids is 2. The van der Waals surface area contributed by atoms with Crippen LogP contribution in [0.5, 0.6) is 0 Å². The molecule has 1 aliphatic rings. The minimum Gasteiger partial charge on any atom is -0.408 e. The highest BCUT2D eigenvalue weighted by atomic mass is 16.4. The molecule has 1 N–H and O–H groups in total. The van der Waals surface area contributed by atoms with Gasteiger partial charge in [-0.2, -0.15) is 0 Å². The first-order chi connectivity index (χ1) is 13.9. The predicted octanol–water partition coefficient (Wildman–Crippen LogP) is 3.17. The number of carbonyl (C=O) groups is 2. The quantitative estimate of drug-likeness (QED) is 0.738. The Morgan fingerprint density at radius 3 is 2.76 bits per heavy atom. The van der Waals surface area contributed by atoms with Crippen molar-refractivity contribution < 1.29 is 14.0 Å². The smallest absolute Gasteiger partial charge is 0.408 e. The van der Waals surface area contributed by atoms with E-state index in [1.165, 1.54) is 4.57 Å². The molecule has 0 unspecified atom stereocenters. The van der Waals surface area contributed by atoms with Crippen LogP contribution in [-0.2, 0) is 22.6 Å². The van der Waals surface area contributed by atoms with Crippen LogP contribution in [0.15, 0.2) is 51.7 Å². The minimum absolute atomic E-state index is 0.0749. The molecule has 0 saturated carbocycles. The third kappa shape index (κ3) is 3.68. The van der Waals surface area contributed by atoms with E-state index in [-0.39, 0.29) is 24.3 Å². The average Bonchev–Trinajstić information content (AvgIpc) is 3.02. The van der Waals surface area contributed by atoms with Crippen LogP contribution in [0.4, 0.5) is 11.4 Å². The second-order valence-corrected chi connectivity index (χ2v) is 7.56. The first kappa shape index (κ1) is 19.0. The van der Waals surface area contributed by atoms with Gasteiger partial charge in [0.05, 0.1) is 5.52 Å². The van der Waals surface area contributed by atoms with Crippen molar-refractivity contribution in [2.45, 2.75) is 33.2 Å². The maximum absolute atomic E-state index is 12.6. The van der Waals surface area contributed by atoms with E-state index in [9.17, 15) is 14.4 Å². The van der Waals surface area contributed by atoms with Crippen LogP contribution >= 0.6 is 0 Å². The Bertz CT molecular complexity index is 1140. The van der Waals surface area contributed by atoms with Crippen LogP contribution in [0.3, 0.4) is 0 Å². The molecule has 0 saturated heterocycles. The molecular formula is C22H23N3O4. The SMILES string of the molecule is CC(C)C(=O)N1CCCc2ccc(NC(=O)Cn3c(=O)oc4ccccc43)cc21. The highest BCUT2D eigenvalue weighted by molar-refractivity contribution is 5.97. The lowest BCUT2D eigenvalue weighted by Gasteiger charge is -2.31. The maximum atomic E-state index is 12.6. The van der Waals surface area contributed by atoms with Crippen molar-refractivity contribution in [3.05, 3.63) is 58.6 Å². The zero-order valence-electron chi connectivity index (χ0n) is 16.5. The zero-order chi connectivity index (χ0) is 20.5. The van der Waals surface area contributed by atoms with Crippen molar-refractivity contribution in [3.8, 4) is 0 Å². The van der Waals surface area contributed by atoms with Crippen molar-refractivity contribution in [2.24, 2.45) is 5.92 Å². The van der Waals surface area contributed by atoms with Crippen LogP contribution in [0.1, 0.15) is 25.8 Å². The Hall–Kier alpha value is -3.35. The Morgan fingerprint density at radius 2 is 1.97 bits per heavy atom. The standard InChI is InChI=1S/C22H23N3O4/c1-14(2)21(27)24-11-5-6-15-9-10-16(12-18(15)24)23-20(26)13-25-17-7-3-4-8-19(17)29-22(25)28/h3-4,7-10,12,14H,5-6,11,13H2,1-2H3,(H,23,26). The molecule has 0 bridgehead atoms. The summed E-state index contributed by atoms with van der Waals surface area (Å²) in [5, 5.41) is 2.83. The molecule has 2 heterocycles. The molecule has 150 valence electrons. The molecule has 29 heavy (non-hydrogen) atoms. The van der Waals surface area contributed by atoms with Gasteiger partial charge in [-0.1, -0.05) is 32.0 Å². The van der Waals surface area contributed by atoms with Gasteiger partial charge >= 0.3 is 5.76 Å². The number of nitrogens with zero attached hydrogens (tertiary/aromatic N) is 2. The number of anilines is 2. The summed E-state index contributed by atoms with van der Waals surface area (Å²) in [4.78, 5) is 39.0. The number of fused-ring (bicyclic) bond motifs is 2. The van der Waals surface area contributed by atoms with E-state index in [4.69, 9.17) is 4.42 Å². The highest BCUT2D eigenvalue weighted by Crippen LogP contribution is 2.31. The number of nitrogens with one attached hydrogen (secondary N) is 1. The van der Waals surface area contributed by atoms with Crippen LogP contribution < -0.4 is 16.0 Å². The second-order valence-electron chi connectivity index (χ2n) is 7.56. The van der Waals surface area contributed by atoms with Gasteiger partial charge in [0.15, 0.2) is 5.58 Å². The molecule has 0 fully saturated rings. The van der Waals surface area contributed by atoms with E-state index >= 15 is 0 Å². The van der Waals surface area contributed by atoms with Gasteiger partial charge in [-0.25, -0.2) is 4.79 Å². The Labute approximate surface area is 167 Å². The van der Waals surface area contributed by atoms with E-state index in [2.05, 4.69) is 5.32 Å². The molecular weight excluding hydrogens is 370 g/mol. The second kappa shape index (κ2) is 7.58. The number of rotatable bonds is 4. The number of benzene rings is 2. The molecule has 3 aromatic rings. The third-order valence-corrected chi connectivity index (χ3v) is 5.12. The largest absolute Gasteiger partial charge is 0.420 e. The number of amides is 2. The normalized spacial score (nSPS) is 13.6. The molecule has 7 nitrogen and oxygen atoms in total. The van der Waals surface area contributed by atoms with Gasteiger partial charge < -0.3 is 14.6 Å². The van der Waals surface area contributed by atoms with Crippen LogP contribution in [-0.4, -0.2) is 22.9 Å². The van der Waals surface area contributed by atoms with Gasteiger partial charge in [-0.05, 0) is 42.7 Å². The molecule has 0 aliphatic carbocycles. The van der Waals surface area contributed by atoms with Crippen molar-refractivity contribution in [3.63, 3.8) is 0 Å². The number of aromatic nitrogens is 1. The molecule has 0 atom stereocenters. The molecule has 0 radical (unpaired) electrons. The Morgan fingerprint density at radius 1 is 1.17 bits per heavy atom. The highest BCUT2D eigenvalue weighted by Gasteiger charge is 2.25. The molecule has 2 amide bonds. The maximum Gasteiger partial charge on any atom is 0.420 e. The molecule has 0 spiro atoms. The number of para-hydroxylation sites is 2. The predicted molar refractivity (Wildman–Crippen MR) is 111 cm³/mol. The lowest BCUT2D eigenvalue weighted by atomic mass is 9.99. The number of oxazole rings is 1. The van der Waals surface area contributed by atoms with E-state index in [1.807, 2.05) is 32.0 Å². The van der Waals surface area contributed by atoms with Crippen molar-refractivity contribution >= 4 is 34.3 Å². The van der Waals surface area contributed by atoms with Crippen LogP contribution in [0, 0.1) is 5.92 Å². The van der Waals surface area contributed by atoms with Gasteiger partial charge in [0, 0.05) is 23.8 Å². The fourth-order valence-corrected chi connectivity index (χ4v) is 3.70. The zero-order valence-corrected chi connectivity index (χ0v) is 16.5. The molecule has 1 aliphatic heterocycles. The van der Waals surface area contributed by atoms with Crippen LogP contribution in [0.25, 0.3) is 11.1 Å². The van der Waals surface area contributed by atoms with E-state index in [0.717, 1.165) is 24.1 Å². The monoisotopic (exact) mass is 393 g/mol. The summed E-state index contributed by atoms with van der Waals surface area (Å²) >= 11 is 0. The molecule has 7 heteroatoms. The van der Waals surface area contributed by atoms with Gasteiger partial charge in [0.1, 0.15) is 6.54 Å². The minimum atomic E-state index is -0.569. The van der Waals surface area contributed by atoms with Crippen LogP contribution in [0.2, 0.25) is 0 Å². The number of hydrogen-bond acceptors (Lipinski definition) is 4. The van der Waals surface area contributed by atoms with E-state index < -0.39 is 5.76 Å². The van der Waals surface area contributed by atoms with Gasteiger partial charge in [0.2, 0.25) is 11.8 Å². The number of aryl methyl sites for hydroxylation is 1. The average molecular weight is 393 g/mol. The topological polar surface area (TPSA) is 84.5 Å². The summed E-state index contributed by atoms with van der Waals surface area (Å²) in [5.41, 5.74) is 3.56. The third-order valence-electron chi connectivity index (χ3n) is 5.12. The lowest BCUT2D eigenvalue weighted by Crippen LogP contribution is -2.38. The summed E-state index contributed by atoms with van der Waals surface area (Å²) in [7, 11) is 0. The fourth-order valence-electron chi connectivity index (χ4n) is 3.70. The lowest BCUT2D eigenvalue weighted by molar-refractivity contribution is -0.121. The van der Waals surface area contributed by atoms with Crippen molar-refractivity contribution in [1.82, 2.24) is 4.57 Å². The summed E-state index contributed by atoms with van der Waals surface area (Å²) < 4.78 is 6.47. The Kier molecular flexibility index (Phi) is 4.96. The molecule has 2 aromatic carbocycles. The summed E-state index contributed by atoms with van der Waals surface area (Å²) in [6.45, 7) is 4.30. The van der Waals surface area contributed by atoms with Gasteiger partial charge in [-0.15, -0.1) is 0 Å². The molecule has 1 aromatic heterocycles. The van der Waals surface area contributed by atoms with Gasteiger partial charge in [-0.3, -0.25) is 14.2 Å². The summed E-state index contributed by atoms with van der Waals surface area (Å²) in [5.74, 6) is -0.928. The Balaban J connectivity index is 1.56. The van der Waals surface area contributed by atoms with Crippen molar-refractivity contribution in [1.29, 1.82) is 0 Å². The van der Waals surface area contributed by atoms with E-state index in [1.54, 1.807) is 29.2 Å². The fraction of sp³-hybridized carbons (Fsp3) is 0.318. The summed E-state index contributed by atoms with van der Waals surface area (Å²) in [6, 6.07) is 12.6. The number of hydrogen-bond donors (Lipinski definition) is 1. The van der Waals surface area contributed by atoms with Gasteiger partial charge in [0.25, 0.3) is 0 Å². The first-order valence-corrected chi connectivity index (χ1v) is 9.76. The van der Waals surface area contributed by atoms with Crippen molar-refractivity contribution in [2.75, 3.05) is 16.8 Å². The first-order valence-electron chi connectivity index (χ1n) is 9.76. The van der Waals surface area contributed by atoms with E-state index in [0.29, 0.717) is 23.3 Å². The summed E-state index contributed by atoms with van der Waals surface area (Å²) in [6.07, 6.45) is 1.83. The molecule has 4 rings (SSSR count).